The summed E-state index contributed by atoms with van der Waals surface area (Å²) in [5, 5.41) is 3.80. The van der Waals surface area contributed by atoms with Crippen molar-refractivity contribution in [2.45, 2.75) is 11.3 Å². The first-order valence-electron chi connectivity index (χ1n) is 8.76. The van der Waals surface area contributed by atoms with Gasteiger partial charge in [-0.3, -0.25) is 9.10 Å². The molecule has 30 heavy (non-hydrogen) atoms. The average molecular weight is 484 g/mol. The maximum absolute atomic E-state index is 12.8. The average Bonchev–Trinajstić information content (AvgIpc) is 2.72. The Kier molecular flexibility index (Phi) is 6.93. The number of hydrogen-bond donors (Lipinski definition) is 1. The quantitative estimate of drug-likeness (QED) is 0.492. The fourth-order valence-electron chi connectivity index (χ4n) is 2.71. The molecule has 0 aliphatic carbocycles. The molecule has 3 rings (SSSR count). The highest BCUT2D eigenvalue weighted by Crippen LogP contribution is 2.29. The maximum atomic E-state index is 12.8. The summed E-state index contributed by atoms with van der Waals surface area (Å²) in [6.07, 6.45) is 0.0940. The Bertz CT molecular complexity index is 1170. The normalized spacial score (nSPS) is 11.2. The number of rotatable bonds is 6. The first-order chi connectivity index (χ1) is 14.2. The van der Waals surface area contributed by atoms with Crippen molar-refractivity contribution in [1.82, 2.24) is 0 Å². The smallest absolute Gasteiger partial charge is 0.264 e. The molecule has 1 amide bonds. The van der Waals surface area contributed by atoms with Crippen LogP contribution in [0.15, 0.2) is 71.6 Å². The van der Waals surface area contributed by atoms with Crippen LogP contribution in [-0.4, -0.2) is 21.4 Å². The van der Waals surface area contributed by atoms with Crippen LogP contribution in [0.25, 0.3) is 0 Å². The van der Waals surface area contributed by atoms with Crippen LogP contribution in [-0.2, 0) is 21.2 Å². The zero-order valence-corrected chi connectivity index (χ0v) is 18.9. The second-order valence-electron chi connectivity index (χ2n) is 6.42. The number of sulfonamides is 1. The van der Waals surface area contributed by atoms with Crippen LogP contribution in [0.4, 0.5) is 11.4 Å². The van der Waals surface area contributed by atoms with Gasteiger partial charge in [-0.05, 0) is 54.1 Å². The van der Waals surface area contributed by atoms with E-state index in [1.165, 1.54) is 35.6 Å². The standard InChI is InChI=1S/C21H17Cl3N2O3S/c1-26(30(28,29)17-11-7-15(22)8-12-17)16-9-5-14(6-10-16)13-20(27)25-19-4-2-3-18(23)21(19)24/h2-12H,13H2,1H3,(H,25,27). The van der Waals surface area contributed by atoms with Gasteiger partial charge in [0.15, 0.2) is 0 Å². The number of benzene rings is 3. The van der Waals surface area contributed by atoms with Crippen LogP contribution >= 0.6 is 34.8 Å². The maximum Gasteiger partial charge on any atom is 0.264 e. The van der Waals surface area contributed by atoms with Crippen LogP contribution in [0.2, 0.25) is 15.1 Å². The van der Waals surface area contributed by atoms with Gasteiger partial charge < -0.3 is 5.32 Å². The molecule has 0 radical (unpaired) electrons. The van der Waals surface area contributed by atoms with Crippen molar-refractivity contribution < 1.29 is 13.2 Å². The summed E-state index contributed by atoms with van der Waals surface area (Å²) in [6.45, 7) is 0. The van der Waals surface area contributed by atoms with Gasteiger partial charge in [-0.25, -0.2) is 8.42 Å². The number of amides is 1. The summed E-state index contributed by atoms with van der Waals surface area (Å²) in [6, 6.07) is 17.6. The monoisotopic (exact) mass is 482 g/mol. The number of halogens is 3. The Morgan fingerprint density at radius 3 is 2.20 bits per heavy atom. The topological polar surface area (TPSA) is 66.5 Å². The van der Waals surface area contributed by atoms with Gasteiger partial charge in [0.25, 0.3) is 10.0 Å². The van der Waals surface area contributed by atoms with Crippen LogP contribution in [0, 0.1) is 0 Å². The van der Waals surface area contributed by atoms with Crippen molar-refractivity contribution in [3.8, 4) is 0 Å². The molecule has 9 heteroatoms. The molecule has 5 nitrogen and oxygen atoms in total. The fraction of sp³-hybridized carbons (Fsp3) is 0.0952. The van der Waals surface area contributed by atoms with E-state index in [0.717, 1.165) is 0 Å². The summed E-state index contributed by atoms with van der Waals surface area (Å²) in [5.74, 6) is -0.269. The first-order valence-corrected chi connectivity index (χ1v) is 11.3. The molecule has 0 bridgehead atoms. The molecule has 0 aromatic heterocycles. The summed E-state index contributed by atoms with van der Waals surface area (Å²) in [5.41, 5.74) is 1.61. The SMILES string of the molecule is CN(c1ccc(CC(=O)Nc2cccc(Cl)c2Cl)cc1)S(=O)(=O)c1ccc(Cl)cc1. The Hall–Kier alpha value is -2.25. The molecule has 3 aromatic rings. The molecule has 0 fully saturated rings. The Labute approximate surface area is 190 Å². The second-order valence-corrected chi connectivity index (χ2v) is 9.61. The second kappa shape index (κ2) is 9.27. The zero-order chi connectivity index (χ0) is 21.9. The lowest BCUT2D eigenvalue weighted by Gasteiger charge is -2.20. The summed E-state index contributed by atoms with van der Waals surface area (Å²) < 4.78 is 26.7. The molecule has 0 unspecified atom stereocenters. The minimum Gasteiger partial charge on any atom is -0.324 e. The van der Waals surface area contributed by atoms with Gasteiger partial charge in [0.05, 0.1) is 32.7 Å². The minimum absolute atomic E-state index is 0.0940. The molecule has 0 atom stereocenters. The van der Waals surface area contributed by atoms with Gasteiger partial charge in [-0.15, -0.1) is 0 Å². The van der Waals surface area contributed by atoms with Crippen LogP contribution in [0.5, 0.6) is 0 Å². The first kappa shape index (κ1) is 22.4. The van der Waals surface area contributed by atoms with E-state index in [2.05, 4.69) is 5.32 Å². The zero-order valence-electron chi connectivity index (χ0n) is 15.8. The molecular formula is C21H17Cl3N2O3S. The lowest BCUT2D eigenvalue weighted by Crippen LogP contribution is -2.26. The predicted octanol–water partition coefficient (Wildman–Crippen LogP) is 5.65. The number of nitrogens with one attached hydrogen (secondary N) is 1. The van der Waals surface area contributed by atoms with Gasteiger partial charge in [-0.2, -0.15) is 0 Å². The lowest BCUT2D eigenvalue weighted by atomic mass is 10.1. The van der Waals surface area contributed by atoms with E-state index in [-0.39, 0.29) is 22.2 Å². The molecule has 1 N–H and O–H groups in total. The van der Waals surface area contributed by atoms with E-state index in [1.54, 1.807) is 42.5 Å². The van der Waals surface area contributed by atoms with E-state index in [0.29, 0.717) is 27.0 Å². The van der Waals surface area contributed by atoms with E-state index in [4.69, 9.17) is 34.8 Å². The fourth-order valence-corrected chi connectivity index (χ4v) is 4.38. The number of hydrogen-bond acceptors (Lipinski definition) is 3. The molecule has 0 aliphatic rings. The Morgan fingerprint density at radius 1 is 0.933 bits per heavy atom. The van der Waals surface area contributed by atoms with Gasteiger partial charge in [-0.1, -0.05) is 53.0 Å². The van der Waals surface area contributed by atoms with E-state index in [1.807, 2.05) is 0 Å². The van der Waals surface area contributed by atoms with Gasteiger partial charge >= 0.3 is 0 Å². The molecule has 3 aromatic carbocycles. The van der Waals surface area contributed by atoms with E-state index < -0.39 is 10.0 Å². The molecule has 156 valence electrons. The van der Waals surface area contributed by atoms with Crippen molar-refractivity contribution in [3.63, 3.8) is 0 Å². The number of carbonyl (C=O) groups excluding carboxylic acids is 1. The summed E-state index contributed by atoms with van der Waals surface area (Å²) in [4.78, 5) is 12.4. The van der Waals surface area contributed by atoms with Gasteiger partial charge in [0.2, 0.25) is 5.91 Å². The third-order valence-electron chi connectivity index (χ3n) is 4.36. The number of anilines is 2. The van der Waals surface area contributed by atoms with Crippen molar-refractivity contribution in [1.29, 1.82) is 0 Å². The number of carbonyl (C=O) groups is 1. The van der Waals surface area contributed by atoms with Crippen molar-refractivity contribution >= 4 is 62.1 Å². The number of nitrogens with zero attached hydrogens (tertiary/aromatic N) is 1. The Balaban J connectivity index is 1.70. The van der Waals surface area contributed by atoms with Gasteiger partial charge in [0, 0.05) is 12.1 Å². The van der Waals surface area contributed by atoms with Crippen LogP contribution < -0.4 is 9.62 Å². The largest absolute Gasteiger partial charge is 0.324 e. The molecule has 0 aliphatic heterocycles. The molecular weight excluding hydrogens is 467 g/mol. The summed E-state index contributed by atoms with van der Waals surface area (Å²) in [7, 11) is -2.26. The molecule has 0 spiro atoms. The molecule has 0 saturated carbocycles. The van der Waals surface area contributed by atoms with Crippen molar-refractivity contribution in [2.24, 2.45) is 0 Å². The van der Waals surface area contributed by atoms with Crippen LogP contribution in [0.1, 0.15) is 5.56 Å². The van der Waals surface area contributed by atoms with Gasteiger partial charge in [0.1, 0.15) is 0 Å². The van der Waals surface area contributed by atoms with Crippen molar-refractivity contribution in [2.75, 3.05) is 16.7 Å². The van der Waals surface area contributed by atoms with Crippen LogP contribution in [0.3, 0.4) is 0 Å². The highest BCUT2D eigenvalue weighted by molar-refractivity contribution is 7.92. The predicted molar refractivity (Wildman–Crippen MR) is 122 cm³/mol. The highest BCUT2D eigenvalue weighted by atomic mass is 35.5. The highest BCUT2D eigenvalue weighted by Gasteiger charge is 2.21. The molecule has 0 saturated heterocycles. The van der Waals surface area contributed by atoms with E-state index >= 15 is 0 Å². The third kappa shape index (κ3) is 5.08. The third-order valence-corrected chi connectivity index (χ3v) is 7.23. The molecule has 0 heterocycles. The minimum atomic E-state index is -3.73. The lowest BCUT2D eigenvalue weighted by molar-refractivity contribution is -0.115. The van der Waals surface area contributed by atoms with Crippen molar-refractivity contribution in [3.05, 3.63) is 87.4 Å². The summed E-state index contributed by atoms with van der Waals surface area (Å²) >= 11 is 17.9. The van der Waals surface area contributed by atoms with E-state index in [9.17, 15) is 13.2 Å². The Morgan fingerprint density at radius 2 is 1.57 bits per heavy atom.